The molecular weight excluding hydrogens is 336 g/mol. The fraction of sp³-hybridized carbons (Fsp3) is 0.500. The first-order valence-electron chi connectivity index (χ1n) is 10.2. The molecule has 0 saturated heterocycles. The van der Waals surface area contributed by atoms with Crippen molar-refractivity contribution in [3.63, 3.8) is 0 Å². The maximum Gasteiger partial charge on any atom is 0.336 e. The van der Waals surface area contributed by atoms with Crippen LogP contribution < -0.4 is 5.43 Å². The van der Waals surface area contributed by atoms with Crippen LogP contribution in [0.5, 0.6) is 0 Å². The molecule has 1 aliphatic heterocycles. The van der Waals surface area contributed by atoms with Crippen LogP contribution in [-0.2, 0) is 12.8 Å². The Morgan fingerprint density at radius 2 is 2.04 bits per heavy atom. The number of nitrogens with zero attached hydrogens (tertiary/aromatic N) is 3. The molecule has 27 heavy (non-hydrogen) atoms. The van der Waals surface area contributed by atoms with Crippen molar-refractivity contribution in [2.24, 2.45) is 0 Å². The molecule has 2 aromatic rings. The summed E-state index contributed by atoms with van der Waals surface area (Å²) in [5, 5.41) is 1.33. The second-order valence-electron chi connectivity index (χ2n) is 7.55. The Bertz CT molecular complexity index is 907. The van der Waals surface area contributed by atoms with Gasteiger partial charge in [0.05, 0.1) is 5.52 Å². The van der Waals surface area contributed by atoms with Gasteiger partial charge < -0.3 is 4.90 Å². The van der Waals surface area contributed by atoms with Crippen molar-refractivity contribution in [1.82, 2.24) is 14.5 Å². The molecular formula is C22H30N4O. The van der Waals surface area contributed by atoms with Crippen molar-refractivity contribution in [3.8, 4) is 0 Å². The fourth-order valence-corrected chi connectivity index (χ4v) is 4.81. The van der Waals surface area contributed by atoms with E-state index in [2.05, 4.69) is 48.6 Å². The van der Waals surface area contributed by atoms with Gasteiger partial charge in [-0.2, -0.15) is 0 Å². The topological polar surface area (TPSA) is 40.5 Å². The van der Waals surface area contributed by atoms with Gasteiger partial charge in [-0.15, -0.1) is 0 Å². The molecule has 1 N–H and O–H groups in total. The molecule has 1 aromatic heterocycles. The minimum atomic E-state index is -0.0310. The van der Waals surface area contributed by atoms with Crippen LogP contribution in [0.1, 0.15) is 44.0 Å². The van der Waals surface area contributed by atoms with Crippen molar-refractivity contribution in [3.05, 3.63) is 41.1 Å². The molecule has 2 amide bonds. The molecule has 1 aromatic carbocycles. The molecule has 0 unspecified atom stereocenters. The van der Waals surface area contributed by atoms with Crippen molar-refractivity contribution >= 4 is 22.5 Å². The van der Waals surface area contributed by atoms with E-state index in [0.717, 1.165) is 31.3 Å². The molecule has 2 heterocycles. The number of amides is 2. The third-order valence-electron chi connectivity index (χ3n) is 6.24. The first-order valence-corrected chi connectivity index (χ1v) is 10.2. The lowest BCUT2D eigenvalue weighted by Gasteiger charge is -2.37. The first kappa shape index (κ1) is 18.1. The van der Waals surface area contributed by atoms with Crippen LogP contribution in [0.3, 0.4) is 0 Å². The van der Waals surface area contributed by atoms with Crippen molar-refractivity contribution in [2.75, 3.05) is 32.1 Å². The Kier molecular flexibility index (Phi) is 4.72. The van der Waals surface area contributed by atoms with E-state index < -0.39 is 0 Å². The number of carbonyl (C=O) groups is 1. The number of aromatic nitrogens is 1. The summed E-state index contributed by atoms with van der Waals surface area (Å²) in [6.45, 7) is 8.74. The largest absolute Gasteiger partial charge is 0.336 e. The van der Waals surface area contributed by atoms with Crippen LogP contribution in [0.2, 0.25) is 0 Å². The Morgan fingerprint density at radius 1 is 1.26 bits per heavy atom. The van der Waals surface area contributed by atoms with E-state index in [1.165, 1.54) is 27.8 Å². The quantitative estimate of drug-likeness (QED) is 0.893. The molecule has 5 heteroatoms. The molecule has 2 aliphatic rings. The standard InChI is InChI=1S/C22H30N4O/c1-5-18-17-14-20-15(11-9-13-24(20)4)16-10-8-12-19(21(16)17)26(18)23-22(27)25(6-2)7-3/h8,10-12,20H,5-7,9,13-14H2,1-4H3,(H,23,27)/t20-/m1/s1. The Hall–Kier alpha value is -2.27. The Morgan fingerprint density at radius 3 is 2.74 bits per heavy atom. The number of likely N-dealkylation sites (N-methyl/N-ethyl adjacent to an activating group) is 1. The number of nitrogens with one attached hydrogen (secondary N) is 1. The third kappa shape index (κ3) is 2.76. The fourth-order valence-electron chi connectivity index (χ4n) is 4.81. The predicted molar refractivity (Wildman–Crippen MR) is 112 cm³/mol. The van der Waals surface area contributed by atoms with Crippen LogP contribution in [0.15, 0.2) is 24.3 Å². The lowest BCUT2D eigenvalue weighted by molar-refractivity contribution is 0.214. The van der Waals surface area contributed by atoms with Crippen LogP contribution in [0, 0.1) is 0 Å². The van der Waals surface area contributed by atoms with Gasteiger partial charge in [0, 0.05) is 36.8 Å². The number of urea groups is 1. The molecule has 0 saturated carbocycles. The monoisotopic (exact) mass is 366 g/mol. The number of rotatable bonds is 4. The smallest absolute Gasteiger partial charge is 0.324 e. The molecule has 5 nitrogen and oxygen atoms in total. The van der Waals surface area contributed by atoms with E-state index in [4.69, 9.17) is 0 Å². The highest BCUT2D eigenvalue weighted by Gasteiger charge is 2.33. The SMILES string of the molecule is CCc1c2c3c(cccc3n1NC(=O)N(CC)CC)C1=CCCN(C)[C@@H]1C2. The van der Waals surface area contributed by atoms with Gasteiger partial charge in [-0.3, -0.25) is 9.58 Å². The molecule has 1 atom stereocenters. The van der Waals surface area contributed by atoms with Gasteiger partial charge >= 0.3 is 6.03 Å². The second-order valence-corrected chi connectivity index (χ2v) is 7.55. The van der Waals surface area contributed by atoms with E-state index >= 15 is 0 Å². The molecule has 1 aliphatic carbocycles. The van der Waals surface area contributed by atoms with Crippen LogP contribution in [0.25, 0.3) is 16.5 Å². The van der Waals surface area contributed by atoms with Gasteiger partial charge in [-0.25, -0.2) is 10.2 Å². The lowest BCUT2D eigenvalue weighted by atomic mass is 9.81. The average molecular weight is 367 g/mol. The molecule has 0 radical (unpaired) electrons. The van der Waals surface area contributed by atoms with Crippen LogP contribution in [-0.4, -0.2) is 53.2 Å². The summed E-state index contributed by atoms with van der Waals surface area (Å²) in [6, 6.07) is 6.92. The van der Waals surface area contributed by atoms with Gasteiger partial charge in [0.1, 0.15) is 0 Å². The highest BCUT2D eigenvalue weighted by atomic mass is 16.2. The number of carbonyl (C=O) groups excluding carboxylic acids is 1. The number of hydrogen-bond acceptors (Lipinski definition) is 2. The summed E-state index contributed by atoms with van der Waals surface area (Å²) in [5.41, 5.74) is 9.73. The highest BCUT2D eigenvalue weighted by Crippen LogP contribution is 2.42. The number of benzene rings is 1. The predicted octanol–water partition coefficient (Wildman–Crippen LogP) is 3.85. The van der Waals surface area contributed by atoms with Crippen molar-refractivity contribution in [1.29, 1.82) is 0 Å². The van der Waals surface area contributed by atoms with E-state index in [-0.39, 0.29) is 6.03 Å². The van der Waals surface area contributed by atoms with Gasteiger partial charge in [0.15, 0.2) is 0 Å². The minimum absolute atomic E-state index is 0.0310. The minimum Gasteiger partial charge on any atom is -0.324 e. The Labute approximate surface area is 161 Å². The maximum atomic E-state index is 12.8. The zero-order chi connectivity index (χ0) is 19.1. The summed E-state index contributed by atoms with van der Waals surface area (Å²) < 4.78 is 2.05. The second kappa shape index (κ2) is 7.04. The number of fused-ring (bicyclic) bond motifs is 2. The summed E-state index contributed by atoms with van der Waals surface area (Å²) in [5.74, 6) is 0. The van der Waals surface area contributed by atoms with Gasteiger partial charge in [-0.1, -0.05) is 25.1 Å². The molecule has 144 valence electrons. The summed E-state index contributed by atoms with van der Waals surface area (Å²) in [6.07, 6.45) is 5.44. The van der Waals surface area contributed by atoms with E-state index in [0.29, 0.717) is 19.1 Å². The third-order valence-corrected chi connectivity index (χ3v) is 6.24. The van der Waals surface area contributed by atoms with Gasteiger partial charge in [0.25, 0.3) is 0 Å². The van der Waals surface area contributed by atoms with Crippen LogP contribution >= 0.6 is 0 Å². The summed E-state index contributed by atoms with van der Waals surface area (Å²) in [7, 11) is 2.23. The molecule has 0 fully saturated rings. The lowest BCUT2D eigenvalue weighted by Crippen LogP contribution is -2.39. The van der Waals surface area contributed by atoms with Gasteiger partial charge in [0.2, 0.25) is 0 Å². The summed E-state index contributed by atoms with van der Waals surface area (Å²) >= 11 is 0. The maximum absolute atomic E-state index is 12.8. The molecule has 0 bridgehead atoms. The summed E-state index contributed by atoms with van der Waals surface area (Å²) in [4.78, 5) is 17.1. The average Bonchev–Trinajstić information content (AvgIpc) is 2.98. The zero-order valence-corrected chi connectivity index (χ0v) is 16.9. The first-order chi connectivity index (χ1) is 13.1. The number of hydrogen-bond donors (Lipinski definition) is 1. The van der Waals surface area contributed by atoms with E-state index in [1.807, 2.05) is 23.4 Å². The Balaban J connectivity index is 1.87. The van der Waals surface area contributed by atoms with Crippen LogP contribution in [0.4, 0.5) is 4.79 Å². The van der Waals surface area contributed by atoms with Crippen molar-refractivity contribution in [2.45, 2.75) is 46.1 Å². The molecule has 4 rings (SSSR count). The highest BCUT2D eigenvalue weighted by molar-refractivity contribution is 6.00. The zero-order valence-electron chi connectivity index (χ0n) is 16.9. The van der Waals surface area contributed by atoms with E-state index in [1.54, 1.807) is 0 Å². The normalized spacial score (nSPS) is 19.0. The van der Waals surface area contributed by atoms with Gasteiger partial charge in [-0.05, 0) is 62.9 Å². The van der Waals surface area contributed by atoms with Crippen molar-refractivity contribution < 1.29 is 4.79 Å². The molecule has 0 spiro atoms. The van der Waals surface area contributed by atoms with E-state index in [9.17, 15) is 4.79 Å².